The lowest BCUT2D eigenvalue weighted by Gasteiger charge is -2.06. The number of nitrogens with one attached hydrogen (secondary N) is 1. The monoisotopic (exact) mass is 464 g/mol. The summed E-state index contributed by atoms with van der Waals surface area (Å²) in [6.07, 6.45) is 1.04. The highest BCUT2D eigenvalue weighted by molar-refractivity contribution is 7.90. The van der Waals surface area contributed by atoms with E-state index in [2.05, 4.69) is 10.3 Å². The van der Waals surface area contributed by atoms with Gasteiger partial charge in [-0.25, -0.2) is 18.2 Å². The first-order valence-electron chi connectivity index (χ1n) is 8.75. The Morgan fingerprint density at radius 1 is 1.17 bits per heavy atom. The molecule has 0 radical (unpaired) electrons. The van der Waals surface area contributed by atoms with E-state index in [9.17, 15) is 18.0 Å². The van der Waals surface area contributed by atoms with Gasteiger partial charge in [-0.3, -0.25) is 10.1 Å². The molecule has 0 spiro atoms. The molecule has 1 N–H and O–H groups in total. The van der Waals surface area contributed by atoms with Crippen molar-refractivity contribution in [2.75, 3.05) is 18.2 Å². The zero-order valence-electron chi connectivity index (χ0n) is 16.0. The van der Waals surface area contributed by atoms with E-state index in [1.165, 1.54) is 18.2 Å². The van der Waals surface area contributed by atoms with E-state index in [1.54, 1.807) is 31.2 Å². The summed E-state index contributed by atoms with van der Waals surface area (Å²) in [4.78, 5) is 29.7. The second-order valence-corrected chi connectivity index (χ2v) is 9.57. The molecular weight excluding hydrogens is 448 g/mol. The quantitative estimate of drug-likeness (QED) is 0.546. The Morgan fingerprint density at radius 2 is 1.87 bits per heavy atom. The van der Waals surface area contributed by atoms with Crippen molar-refractivity contribution in [2.24, 2.45) is 0 Å². The maximum Gasteiger partial charge on any atom is 0.350 e. The first-order chi connectivity index (χ1) is 14.2. The molecule has 0 saturated heterocycles. The lowest BCUT2D eigenvalue weighted by atomic mass is 10.1. The highest BCUT2D eigenvalue weighted by atomic mass is 35.5. The molecule has 0 aliphatic carbocycles. The van der Waals surface area contributed by atoms with Gasteiger partial charge < -0.3 is 4.74 Å². The molecule has 0 aliphatic rings. The van der Waals surface area contributed by atoms with Crippen LogP contribution in [0.15, 0.2) is 53.4 Å². The number of hydrogen-bond acceptors (Lipinski definition) is 7. The lowest BCUT2D eigenvalue weighted by molar-refractivity contribution is 0.0532. The molecule has 0 fully saturated rings. The molecule has 156 valence electrons. The first-order valence-corrected chi connectivity index (χ1v) is 11.8. The minimum absolute atomic E-state index is 0.0197. The van der Waals surface area contributed by atoms with Gasteiger partial charge in [-0.2, -0.15) is 0 Å². The summed E-state index contributed by atoms with van der Waals surface area (Å²) >= 11 is 7.05. The van der Waals surface area contributed by atoms with Gasteiger partial charge in [0, 0.05) is 11.8 Å². The zero-order chi connectivity index (χ0) is 21.9. The number of halogens is 1. The average molecular weight is 465 g/mol. The second-order valence-electron chi connectivity index (χ2n) is 6.15. The maximum atomic E-state index is 12.7. The van der Waals surface area contributed by atoms with Crippen molar-refractivity contribution in [3.8, 4) is 11.3 Å². The van der Waals surface area contributed by atoms with Crippen LogP contribution in [0.2, 0.25) is 5.02 Å². The van der Waals surface area contributed by atoms with Gasteiger partial charge in [0.05, 0.1) is 27.8 Å². The van der Waals surface area contributed by atoms with E-state index >= 15 is 0 Å². The van der Waals surface area contributed by atoms with Gasteiger partial charge in [-0.1, -0.05) is 53.3 Å². The van der Waals surface area contributed by atoms with Crippen molar-refractivity contribution < 1.29 is 22.7 Å². The summed E-state index contributed by atoms with van der Waals surface area (Å²) in [6, 6.07) is 12.9. The Bertz CT molecular complexity index is 1210. The number of sulfone groups is 1. The SMILES string of the molecule is CCOC(=O)c1sc(NC(=O)c2cc(S(C)(=O)=O)ccc2Cl)nc1-c1ccccc1. The molecule has 7 nitrogen and oxygen atoms in total. The number of thiazole rings is 1. The van der Waals surface area contributed by atoms with Gasteiger partial charge in [0.2, 0.25) is 0 Å². The van der Waals surface area contributed by atoms with E-state index in [4.69, 9.17) is 16.3 Å². The van der Waals surface area contributed by atoms with Gasteiger partial charge in [-0.15, -0.1) is 0 Å². The molecule has 0 unspecified atom stereocenters. The summed E-state index contributed by atoms with van der Waals surface area (Å²) in [5.41, 5.74) is 1.05. The Kier molecular flexibility index (Phi) is 6.55. The molecule has 3 rings (SSSR count). The number of nitrogens with zero attached hydrogens (tertiary/aromatic N) is 1. The first kappa shape index (κ1) is 21.9. The number of amides is 1. The molecule has 1 amide bonds. The summed E-state index contributed by atoms with van der Waals surface area (Å²) in [6.45, 7) is 1.89. The highest BCUT2D eigenvalue weighted by Gasteiger charge is 2.23. The Hall–Kier alpha value is -2.75. The molecule has 10 heteroatoms. The Morgan fingerprint density at radius 3 is 2.50 bits per heavy atom. The van der Waals surface area contributed by atoms with Crippen molar-refractivity contribution in [2.45, 2.75) is 11.8 Å². The van der Waals surface area contributed by atoms with Crippen LogP contribution in [0.3, 0.4) is 0 Å². The van der Waals surface area contributed by atoms with Crippen molar-refractivity contribution in [3.05, 3.63) is 64.0 Å². The minimum Gasteiger partial charge on any atom is -0.462 e. The number of anilines is 1. The molecule has 3 aromatic rings. The molecule has 0 atom stereocenters. The molecule has 30 heavy (non-hydrogen) atoms. The second kappa shape index (κ2) is 8.95. The molecule has 0 saturated carbocycles. The van der Waals surface area contributed by atoms with E-state index < -0.39 is 21.7 Å². The van der Waals surface area contributed by atoms with Crippen molar-refractivity contribution in [1.82, 2.24) is 4.98 Å². The fraction of sp³-hybridized carbons (Fsp3) is 0.150. The van der Waals surface area contributed by atoms with Crippen molar-refractivity contribution in [1.29, 1.82) is 0 Å². The Balaban J connectivity index is 1.98. The molecule has 1 aromatic heterocycles. The normalized spacial score (nSPS) is 11.2. The van der Waals surface area contributed by atoms with Crippen LogP contribution in [0.1, 0.15) is 27.0 Å². The van der Waals surface area contributed by atoms with Crippen LogP contribution in [0.25, 0.3) is 11.3 Å². The number of aromatic nitrogens is 1. The highest BCUT2D eigenvalue weighted by Crippen LogP contribution is 2.32. The zero-order valence-corrected chi connectivity index (χ0v) is 18.4. The van der Waals surface area contributed by atoms with E-state index in [0.29, 0.717) is 11.3 Å². The van der Waals surface area contributed by atoms with Crippen LogP contribution in [0, 0.1) is 0 Å². The number of benzene rings is 2. The van der Waals surface area contributed by atoms with Crippen LogP contribution < -0.4 is 5.32 Å². The van der Waals surface area contributed by atoms with E-state index in [-0.39, 0.29) is 32.1 Å². The molecular formula is C20H17ClN2O5S2. The molecule has 1 heterocycles. The van der Waals surface area contributed by atoms with Crippen LogP contribution in [-0.2, 0) is 14.6 Å². The lowest BCUT2D eigenvalue weighted by Crippen LogP contribution is -2.13. The summed E-state index contributed by atoms with van der Waals surface area (Å²) in [5.74, 6) is -1.19. The van der Waals surface area contributed by atoms with Crippen molar-refractivity contribution in [3.63, 3.8) is 0 Å². The third-order valence-electron chi connectivity index (χ3n) is 3.97. The smallest absolute Gasteiger partial charge is 0.350 e. The molecule has 0 aliphatic heterocycles. The third kappa shape index (κ3) is 4.86. The van der Waals surface area contributed by atoms with Crippen LogP contribution >= 0.6 is 22.9 Å². The third-order valence-corrected chi connectivity index (χ3v) is 6.36. The standard InChI is InChI=1S/C20H17ClN2O5S2/c1-3-28-19(25)17-16(12-7-5-4-6-8-12)22-20(29-17)23-18(24)14-11-13(30(2,26)27)9-10-15(14)21/h4-11H,3H2,1-2H3,(H,22,23,24). The van der Waals surface area contributed by atoms with Crippen LogP contribution in [-0.4, -0.2) is 38.1 Å². The fourth-order valence-electron chi connectivity index (χ4n) is 2.57. The number of ether oxygens (including phenoxy) is 1. The van der Waals surface area contributed by atoms with Gasteiger partial charge in [0.25, 0.3) is 5.91 Å². The largest absolute Gasteiger partial charge is 0.462 e. The molecule has 0 bridgehead atoms. The topological polar surface area (TPSA) is 102 Å². The predicted octanol–water partition coefficient (Wildman–Crippen LogP) is 4.30. The maximum absolute atomic E-state index is 12.7. The van der Waals surface area contributed by atoms with E-state index in [0.717, 1.165) is 17.6 Å². The van der Waals surface area contributed by atoms with Crippen LogP contribution in [0.5, 0.6) is 0 Å². The number of carbonyl (C=O) groups is 2. The average Bonchev–Trinajstić information content (AvgIpc) is 3.12. The summed E-state index contributed by atoms with van der Waals surface area (Å²) in [5, 5.41) is 2.83. The van der Waals surface area contributed by atoms with Crippen LogP contribution in [0.4, 0.5) is 5.13 Å². The van der Waals surface area contributed by atoms with Gasteiger partial charge in [-0.05, 0) is 25.1 Å². The summed E-state index contributed by atoms with van der Waals surface area (Å²) < 4.78 is 28.7. The summed E-state index contributed by atoms with van der Waals surface area (Å²) in [7, 11) is -3.52. The van der Waals surface area contributed by atoms with E-state index in [1.807, 2.05) is 6.07 Å². The number of hydrogen-bond donors (Lipinski definition) is 1. The van der Waals surface area contributed by atoms with Gasteiger partial charge >= 0.3 is 5.97 Å². The van der Waals surface area contributed by atoms with Gasteiger partial charge in [0.1, 0.15) is 4.88 Å². The molecule has 2 aromatic carbocycles. The fourth-order valence-corrected chi connectivity index (χ4v) is 4.30. The minimum atomic E-state index is -3.52. The number of esters is 1. The number of carbonyl (C=O) groups excluding carboxylic acids is 2. The predicted molar refractivity (Wildman–Crippen MR) is 116 cm³/mol. The Labute approximate surface area is 182 Å². The number of rotatable bonds is 6. The van der Waals surface area contributed by atoms with Crippen molar-refractivity contribution >= 4 is 49.8 Å². The van der Waals surface area contributed by atoms with Gasteiger partial charge in [0.15, 0.2) is 15.0 Å².